The molecule has 0 saturated heterocycles. The topological polar surface area (TPSA) is 0 Å². The fourth-order valence-electron chi connectivity index (χ4n) is 1.04. The van der Waals surface area contributed by atoms with Crippen LogP contribution in [-0.4, -0.2) is 0 Å². The Kier molecular flexibility index (Phi) is 1.43. The summed E-state index contributed by atoms with van der Waals surface area (Å²) in [7, 11) is 0. The predicted octanol–water partition coefficient (Wildman–Crippen LogP) is 4.12. The lowest BCUT2D eigenvalue weighted by molar-refractivity contribution is 1.59. The van der Waals surface area contributed by atoms with Crippen LogP contribution < -0.4 is 0 Å². The summed E-state index contributed by atoms with van der Waals surface area (Å²) in [5, 5.41) is 0. The van der Waals surface area contributed by atoms with Crippen LogP contribution in [0.25, 0.3) is 11.1 Å². The van der Waals surface area contributed by atoms with Crippen LogP contribution in [-0.2, 0) is 0 Å². The molecule has 0 bridgehead atoms. The zero-order chi connectivity index (χ0) is 12.6. The van der Waals surface area contributed by atoms with Crippen LogP contribution in [0.4, 0.5) is 0 Å². The minimum absolute atomic E-state index is 0.237. The first kappa shape index (κ1) is 4.97. The van der Waals surface area contributed by atoms with E-state index < -0.39 is 0 Å². The third-order valence-corrected chi connectivity index (χ3v) is 2.12. The van der Waals surface area contributed by atoms with Gasteiger partial charge in [-0.2, -0.15) is 0 Å². The van der Waals surface area contributed by atoms with Gasteiger partial charge in [-0.3, -0.25) is 0 Å². The van der Waals surface area contributed by atoms with Crippen molar-refractivity contribution >= 4 is 15.9 Å². The molecular formula is C12H9Br. The summed E-state index contributed by atoms with van der Waals surface area (Å²) < 4.78 is 31.2. The fraction of sp³-hybridized carbons (Fsp3) is 0. The summed E-state index contributed by atoms with van der Waals surface area (Å²) in [4.78, 5) is 0. The summed E-state index contributed by atoms with van der Waals surface area (Å²) in [5.74, 6) is 0. The van der Waals surface area contributed by atoms with Gasteiger partial charge >= 0.3 is 0 Å². The molecule has 0 N–H and O–H groups in total. The second kappa shape index (κ2) is 3.75. The Hall–Kier alpha value is -1.08. The SMILES string of the molecule is [2H]c1cc([2H])cc(-c2cc([2H])c(Br)cc2[2H])c1. The van der Waals surface area contributed by atoms with E-state index in [4.69, 9.17) is 5.48 Å². The molecule has 0 aliphatic heterocycles. The van der Waals surface area contributed by atoms with E-state index in [1.165, 1.54) is 6.07 Å². The molecule has 0 aliphatic rings. The largest absolute Gasteiger partial charge is 0.0635 e. The highest BCUT2D eigenvalue weighted by Crippen LogP contribution is 2.20. The van der Waals surface area contributed by atoms with Gasteiger partial charge in [0.25, 0.3) is 0 Å². The normalized spacial score (nSPS) is 14.2. The standard InChI is InChI=1S/C12H9Br/c13-12-8-6-11(7-9-12)10-4-2-1-3-5-10/h1-9H/i2D,3D,6D,9D. The summed E-state index contributed by atoms with van der Waals surface area (Å²) in [6.07, 6.45) is 0. The van der Waals surface area contributed by atoms with E-state index in [0.717, 1.165) is 0 Å². The lowest BCUT2D eigenvalue weighted by atomic mass is 10.1. The zero-order valence-corrected chi connectivity index (χ0v) is 8.35. The Bertz CT molecular complexity index is 561. The van der Waals surface area contributed by atoms with E-state index in [0.29, 0.717) is 15.6 Å². The van der Waals surface area contributed by atoms with E-state index in [1.807, 2.05) is 0 Å². The van der Waals surface area contributed by atoms with Gasteiger partial charge in [0.15, 0.2) is 0 Å². The highest BCUT2D eigenvalue weighted by atomic mass is 79.9. The van der Waals surface area contributed by atoms with E-state index in [-0.39, 0.29) is 24.2 Å². The van der Waals surface area contributed by atoms with Crippen LogP contribution in [0.15, 0.2) is 59.0 Å². The van der Waals surface area contributed by atoms with Gasteiger partial charge in [0.2, 0.25) is 0 Å². The smallest absolute Gasteiger partial charge is 0.0622 e. The van der Waals surface area contributed by atoms with Crippen LogP contribution in [0.5, 0.6) is 0 Å². The van der Waals surface area contributed by atoms with Crippen molar-refractivity contribution in [2.45, 2.75) is 0 Å². The van der Waals surface area contributed by atoms with Gasteiger partial charge in [0.1, 0.15) is 0 Å². The molecule has 0 saturated carbocycles. The van der Waals surface area contributed by atoms with E-state index >= 15 is 0 Å². The molecule has 0 nitrogen and oxygen atoms in total. The van der Waals surface area contributed by atoms with Gasteiger partial charge in [-0.25, -0.2) is 0 Å². The van der Waals surface area contributed by atoms with E-state index in [2.05, 4.69) is 15.9 Å². The number of halogens is 1. The van der Waals surface area contributed by atoms with Crippen molar-refractivity contribution in [1.82, 2.24) is 0 Å². The van der Waals surface area contributed by atoms with Crippen LogP contribution in [0.1, 0.15) is 5.48 Å². The summed E-state index contributed by atoms with van der Waals surface area (Å²) >= 11 is 3.20. The van der Waals surface area contributed by atoms with Crippen molar-refractivity contribution in [1.29, 1.82) is 0 Å². The van der Waals surface area contributed by atoms with Crippen molar-refractivity contribution in [2.24, 2.45) is 0 Å². The molecule has 0 aliphatic carbocycles. The lowest BCUT2D eigenvalue weighted by Crippen LogP contribution is -1.75. The highest BCUT2D eigenvalue weighted by molar-refractivity contribution is 9.10. The van der Waals surface area contributed by atoms with Gasteiger partial charge < -0.3 is 0 Å². The molecule has 13 heavy (non-hydrogen) atoms. The molecular weight excluding hydrogens is 224 g/mol. The van der Waals surface area contributed by atoms with Gasteiger partial charge in [0, 0.05) is 4.47 Å². The van der Waals surface area contributed by atoms with Crippen LogP contribution in [0.2, 0.25) is 0 Å². The first-order chi connectivity index (χ1) is 7.97. The lowest BCUT2D eigenvalue weighted by Gasteiger charge is -2.00. The second-order valence-electron chi connectivity index (χ2n) is 2.56. The molecule has 0 spiro atoms. The van der Waals surface area contributed by atoms with E-state index in [1.54, 1.807) is 24.3 Å². The average molecular weight is 237 g/mol. The number of hydrogen-bond donors (Lipinski definition) is 0. The Labute approximate surface area is 92.0 Å². The third kappa shape index (κ3) is 1.99. The monoisotopic (exact) mass is 236 g/mol. The van der Waals surface area contributed by atoms with Gasteiger partial charge in [-0.1, -0.05) is 58.3 Å². The van der Waals surface area contributed by atoms with Gasteiger partial charge in [-0.05, 0) is 23.2 Å². The van der Waals surface area contributed by atoms with Crippen molar-refractivity contribution in [2.75, 3.05) is 0 Å². The summed E-state index contributed by atoms with van der Waals surface area (Å²) in [6, 6.07) is 8.79. The van der Waals surface area contributed by atoms with Gasteiger partial charge in [0.05, 0.1) is 5.48 Å². The molecule has 0 aromatic heterocycles. The Balaban J connectivity index is 2.64. The maximum Gasteiger partial charge on any atom is 0.0635 e. The minimum atomic E-state index is 0.237. The molecule has 0 radical (unpaired) electrons. The van der Waals surface area contributed by atoms with Crippen molar-refractivity contribution in [3.8, 4) is 11.1 Å². The second-order valence-corrected chi connectivity index (χ2v) is 3.41. The minimum Gasteiger partial charge on any atom is -0.0622 e. The molecule has 0 heterocycles. The number of hydrogen-bond acceptors (Lipinski definition) is 0. The van der Waals surface area contributed by atoms with Crippen LogP contribution >= 0.6 is 15.9 Å². The fourth-order valence-corrected chi connectivity index (χ4v) is 1.27. The highest BCUT2D eigenvalue weighted by Gasteiger charge is 1.94. The number of benzene rings is 2. The van der Waals surface area contributed by atoms with Gasteiger partial charge in [-0.15, -0.1) is 0 Å². The van der Waals surface area contributed by atoms with Crippen molar-refractivity contribution in [3.63, 3.8) is 0 Å². The maximum absolute atomic E-state index is 7.85. The summed E-state index contributed by atoms with van der Waals surface area (Å²) in [6.45, 7) is 0. The van der Waals surface area contributed by atoms with Crippen molar-refractivity contribution < 1.29 is 5.48 Å². The quantitative estimate of drug-likeness (QED) is 0.699. The maximum atomic E-state index is 7.85. The van der Waals surface area contributed by atoms with Crippen molar-refractivity contribution in [3.05, 3.63) is 59.0 Å². The Morgan fingerprint density at radius 3 is 2.46 bits per heavy atom. The summed E-state index contributed by atoms with van der Waals surface area (Å²) in [5.41, 5.74) is 1.20. The van der Waals surface area contributed by atoms with Crippen LogP contribution in [0, 0.1) is 0 Å². The molecule has 2 aromatic rings. The molecule has 2 aromatic carbocycles. The van der Waals surface area contributed by atoms with E-state index in [9.17, 15) is 0 Å². The first-order valence-corrected chi connectivity index (χ1v) is 4.62. The zero-order valence-electron chi connectivity index (χ0n) is 10.8. The molecule has 0 unspecified atom stereocenters. The average Bonchev–Trinajstić information content (AvgIpc) is 2.22. The molecule has 0 fully saturated rings. The molecule has 0 atom stereocenters. The Morgan fingerprint density at radius 1 is 0.923 bits per heavy atom. The third-order valence-electron chi connectivity index (χ3n) is 1.66. The Morgan fingerprint density at radius 2 is 1.69 bits per heavy atom. The number of rotatable bonds is 1. The molecule has 64 valence electrons. The first-order valence-electron chi connectivity index (χ1n) is 5.83. The molecule has 1 heteroatoms. The van der Waals surface area contributed by atoms with Crippen LogP contribution in [0.3, 0.4) is 0 Å². The molecule has 2 rings (SSSR count). The predicted molar refractivity (Wildman–Crippen MR) is 59.6 cm³/mol. The molecule has 0 amide bonds.